The maximum absolute atomic E-state index is 9.94. The summed E-state index contributed by atoms with van der Waals surface area (Å²) in [7, 11) is 0. The Balaban J connectivity index is 3.70. The first kappa shape index (κ1) is 11.0. The van der Waals surface area contributed by atoms with Gasteiger partial charge in [-0.2, -0.15) is 4.89 Å². The average molecular weight is 174 g/mol. The van der Waals surface area contributed by atoms with Crippen molar-refractivity contribution in [2.24, 2.45) is 0 Å². The van der Waals surface area contributed by atoms with Crippen molar-refractivity contribution in [1.29, 1.82) is 0 Å². The average Bonchev–Trinajstić information content (AvgIpc) is 2.01. The molecule has 0 saturated carbocycles. The number of hydrogen-bond acceptors (Lipinski definition) is 3. The maximum Gasteiger partial charge on any atom is 0.537 e. The van der Waals surface area contributed by atoms with Crippen LogP contribution in [0.25, 0.3) is 0 Å². The van der Waals surface area contributed by atoms with Crippen molar-refractivity contribution in [1.82, 2.24) is 0 Å². The van der Waals surface area contributed by atoms with Crippen LogP contribution in [0.2, 0.25) is 0 Å². The first-order valence-electron chi connectivity index (χ1n) is 3.89. The predicted octanol–water partition coefficient (Wildman–Crippen LogP) is 2.36. The summed E-state index contributed by atoms with van der Waals surface area (Å²) in [5, 5.41) is 8.13. The van der Waals surface area contributed by atoms with Gasteiger partial charge in [0.05, 0.1) is 0 Å². The van der Waals surface area contributed by atoms with Crippen LogP contribution < -0.4 is 0 Å². The lowest BCUT2D eigenvalue weighted by Gasteiger charge is -2.08. The van der Waals surface area contributed by atoms with Crippen molar-refractivity contribution in [3.8, 4) is 0 Å². The third kappa shape index (κ3) is 5.73. The van der Waals surface area contributed by atoms with Crippen LogP contribution in [0.3, 0.4) is 0 Å². The predicted molar refractivity (Wildman–Crippen MR) is 43.7 cm³/mol. The summed E-state index contributed by atoms with van der Waals surface area (Å²) in [6.07, 6.45) is 3.53. The SMILES string of the molecule is CC=CC(CCC)OOC(=O)O. The van der Waals surface area contributed by atoms with Crippen LogP contribution in [0.1, 0.15) is 26.7 Å². The molecular formula is C8H14O4. The van der Waals surface area contributed by atoms with Crippen molar-refractivity contribution in [3.05, 3.63) is 12.2 Å². The van der Waals surface area contributed by atoms with Gasteiger partial charge < -0.3 is 5.11 Å². The lowest BCUT2D eigenvalue weighted by molar-refractivity contribution is -0.273. The Morgan fingerprint density at radius 2 is 2.33 bits per heavy atom. The van der Waals surface area contributed by atoms with E-state index in [1.165, 1.54) is 0 Å². The second-order valence-corrected chi connectivity index (χ2v) is 2.30. The monoisotopic (exact) mass is 174 g/mol. The zero-order valence-electron chi connectivity index (χ0n) is 7.32. The highest BCUT2D eigenvalue weighted by Crippen LogP contribution is 2.04. The van der Waals surface area contributed by atoms with Gasteiger partial charge >= 0.3 is 6.16 Å². The van der Waals surface area contributed by atoms with Crippen molar-refractivity contribution >= 4 is 6.16 Å². The Bertz CT molecular complexity index is 153. The molecule has 0 aliphatic rings. The smallest absolute Gasteiger partial charge is 0.448 e. The second kappa shape index (κ2) is 6.67. The Morgan fingerprint density at radius 3 is 2.75 bits per heavy atom. The molecule has 0 spiro atoms. The molecule has 0 aliphatic carbocycles. The molecular weight excluding hydrogens is 160 g/mol. The van der Waals surface area contributed by atoms with E-state index < -0.39 is 6.16 Å². The van der Waals surface area contributed by atoms with Gasteiger partial charge in [-0.25, -0.2) is 4.79 Å². The third-order valence-electron chi connectivity index (χ3n) is 1.22. The van der Waals surface area contributed by atoms with Crippen LogP contribution >= 0.6 is 0 Å². The molecule has 0 heterocycles. The van der Waals surface area contributed by atoms with E-state index in [0.717, 1.165) is 12.8 Å². The van der Waals surface area contributed by atoms with Gasteiger partial charge in [-0.1, -0.05) is 25.5 Å². The number of allylic oxidation sites excluding steroid dienone is 1. The van der Waals surface area contributed by atoms with Crippen molar-refractivity contribution in [2.75, 3.05) is 0 Å². The van der Waals surface area contributed by atoms with Crippen molar-refractivity contribution in [3.63, 3.8) is 0 Å². The molecule has 4 heteroatoms. The molecule has 0 bridgehead atoms. The zero-order chi connectivity index (χ0) is 9.40. The van der Waals surface area contributed by atoms with E-state index in [0.29, 0.717) is 0 Å². The summed E-state index contributed by atoms with van der Waals surface area (Å²) < 4.78 is 0. The van der Waals surface area contributed by atoms with Gasteiger partial charge in [-0.05, 0) is 13.3 Å². The van der Waals surface area contributed by atoms with Crippen LogP contribution in [0.15, 0.2) is 12.2 Å². The molecule has 12 heavy (non-hydrogen) atoms. The molecule has 0 aliphatic heterocycles. The number of carbonyl (C=O) groups is 1. The Kier molecular flexibility index (Phi) is 6.09. The molecule has 70 valence electrons. The molecule has 0 fully saturated rings. The summed E-state index contributed by atoms with van der Waals surface area (Å²) in [5.41, 5.74) is 0. The van der Waals surface area contributed by atoms with Crippen molar-refractivity contribution < 1.29 is 19.7 Å². The number of carboxylic acid groups (broad SMARTS) is 1. The van der Waals surface area contributed by atoms with Gasteiger partial charge in [-0.3, -0.25) is 4.89 Å². The van der Waals surface area contributed by atoms with E-state index in [2.05, 4.69) is 9.78 Å². The van der Waals surface area contributed by atoms with Gasteiger partial charge in [0, 0.05) is 0 Å². The summed E-state index contributed by atoms with van der Waals surface area (Å²) in [5.74, 6) is 0. The fraction of sp³-hybridized carbons (Fsp3) is 0.625. The number of rotatable bonds is 5. The summed E-state index contributed by atoms with van der Waals surface area (Å²) in [6.45, 7) is 3.83. The summed E-state index contributed by atoms with van der Waals surface area (Å²) in [6, 6.07) is 0. The third-order valence-corrected chi connectivity index (χ3v) is 1.22. The molecule has 0 saturated heterocycles. The Labute approximate surface area is 71.7 Å². The van der Waals surface area contributed by atoms with Gasteiger partial charge in [0.25, 0.3) is 0 Å². The molecule has 0 radical (unpaired) electrons. The molecule has 4 nitrogen and oxygen atoms in total. The highest BCUT2D eigenvalue weighted by Gasteiger charge is 2.07. The molecule has 0 aromatic rings. The standard InChI is InChI=1S/C8H14O4/c1-3-5-7(6-4-2)11-12-8(9)10/h3,5,7H,4,6H2,1-2H3,(H,9,10). The van der Waals surface area contributed by atoms with E-state index in [4.69, 9.17) is 5.11 Å². The molecule has 1 unspecified atom stereocenters. The van der Waals surface area contributed by atoms with E-state index in [-0.39, 0.29) is 6.10 Å². The zero-order valence-corrected chi connectivity index (χ0v) is 7.32. The lowest BCUT2D eigenvalue weighted by atomic mass is 10.2. The Hall–Kier alpha value is -1.03. The highest BCUT2D eigenvalue weighted by molar-refractivity contribution is 5.55. The summed E-state index contributed by atoms with van der Waals surface area (Å²) in [4.78, 5) is 18.5. The van der Waals surface area contributed by atoms with E-state index in [1.54, 1.807) is 12.2 Å². The minimum Gasteiger partial charge on any atom is -0.448 e. The topological polar surface area (TPSA) is 55.8 Å². The van der Waals surface area contributed by atoms with E-state index in [9.17, 15) is 4.79 Å². The quantitative estimate of drug-likeness (QED) is 0.395. The maximum atomic E-state index is 9.94. The lowest BCUT2D eigenvalue weighted by Crippen LogP contribution is -2.12. The fourth-order valence-corrected chi connectivity index (χ4v) is 0.779. The second-order valence-electron chi connectivity index (χ2n) is 2.30. The first-order valence-corrected chi connectivity index (χ1v) is 3.89. The summed E-state index contributed by atoms with van der Waals surface area (Å²) >= 11 is 0. The van der Waals surface area contributed by atoms with Crippen LogP contribution in [0, 0.1) is 0 Å². The number of hydrogen-bond donors (Lipinski definition) is 1. The molecule has 0 rings (SSSR count). The van der Waals surface area contributed by atoms with Gasteiger partial charge in [0.15, 0.2) is 0 Å². The van der Waals surface area contributed by atoms with Gasteiger partial charge in [-0.15, -0.1) is 0 Å². The van der Waals surface area contributed by atoms with E-state index in [1.807, 2.05) is 13.8 Å². The molecule has 0 aromatic heterocycles. The minimum absolute atomic E-state index is 0.268. The van der Waals surface area contributed by atoms with Gasteiger partial charge in [0.1, 0.15) is 6.10 Å². The largest absolute Gasteiger partial charge is 0.537 e. The van der Waals surface area contributed by atoms with E-state index >= 15 is 0 Å². The molecule has 1 N–H and O–H groups in total. The fourth-order valence-electron chi connectivity index (χ4n) is 0.779. The van der Waals surface area contributed by atoms with Crippen LogP contribution in [-0.2, 0) is 9.78 Å². The first-order chi connectivity index (χ1) is 5.70. The van der Waals surface area contributed by atoms with Crippen LogP contribution in [0.5, 0.6) is 0 Å². The normalized spacial score (nSPS) is 13.2. The molecule has 0 amide bonds. The molecule has 0 aromatic carbocycles. The Morgan fingerprint density at radius 1 is 1.67 bits per heavy atom. The van der Waals surface area contributed by atoms with Crippen LogP contribution in [-0.4, -0.2) is 17.4 Å². The van der Waals surface area contributed by atoms with Crippen molar-refractivity contribution in [2.45, 2.75) is 32.8 Å². The minimum atomic E-state index is -1.42. The van der Waals surface area contributed by atoms with Crippen LogP contribution in [0.4, 0.5) is 4.79 Å². The molecule has 1 atom stereocenters. The van der Waals surface area contributed by atoms with Gasteiger partial charge in [0.2, 0.25) is 0 Å². The highest BCUT2D eigenvalue weighted by atomic mass is 17.2.